The smallest absolute Gasteiger partial charge is 0.327 e. The normalized spacial score (nSPS) is 27.7. The summed E-state index contributed by atoms with van der Waals surface area (Å²) in [6.07, 6.45) is 3.78. The maximum atomic E-state index is 15.2. The zero-order valence-electron chi connectivity index (χ0n) is 55.4. The monoisotopic (exact) mass is 1400 g/mol. The molecule has 12 amide bonds. The highest BCUT2D eigenvalue weighted by atomic mass is 33.1. The van der Waals surface area contributed by atoms with Crippen LogP contribution in [0.15, 0.2) is 79.4 Å². The van der Waals surface area contributed by atoms with Gasteiger partial charge in [0.15, 0.2) is 0 Å². The third kappa shape index (κ3) is 22.5. The number of hydrogen-bond acceptors (Lipinski definition) is 19. The van der Waals surface area contributed by atoms with Gasteiger partial charge in [0.1, 0.15) is 78.3 Å². The molecule has 4 aromatic rings. The Balaban J connectivity index is 1.50. The Labute approximate surface area is 572 Å². The molecule has 0 saturated carbocycles. The second-order valence-electron chi connectivity index (χ2n) is 24.6. The molecule has 2 aromatic heterocycles. The van der Waals surface area contributed by atoms with Gasteiger partial charge in [-0.05, 0) is 81.7 Å². The van der Waals surface area contributed by atoms with Gasteiger partial charge in [0.05, 0.1) is 18.5 Å². The van der Waals surface area contributed by atoms with Crippen LogP contribution in [0.25, 0.3) is 10.9 Å². The molecule has 0 spiro atoms. The molecular formula is C64H88N16O16S2. The first-order valence-corrected chi connectivity index (χ1v) is 34.4. The van der Waals surface area contributed by atoms with Crippen LogP contribution in [0.1, 0.15) is 91.5 Å². The Kier molecular flexibility index (Phi) is 29.0. The van der Waals surface area contributed by atoms with Gasteiger partial charge in [-0.15, -0.1) is 0 Å². The number of aliphatic hydroxyl groups excluding tert-OH is 1. The summed E-state index contributed by atoms with van der Waals surface area (Å²) in [6, 6.07) is -7.14. The molecule has 6 rings (SSSR count). The molecule has 2 bridgehead atoms. The van der Waals surface area contributed by atoms with Gasteiger partial charge in [-0.1, -0.05) is 98.2 Å². The van der Waals surface area contributed by atoms with Gasteiger partial charge in [0.2, 0.25) is 70.9 Å². The molecule has 0 radical (unpaired) electrons. The predicted molar refractivity (Wildman–Crippen MR) is 361 cm³/mol. The second kappa shape index (κ2) is 36.7. The van der Waals surface area contributed by atoms with Gasteiger partial charge in [0, 0.05) is 59.8 Å². The topological polar surface area (TPSA) is 497 Å². The highest BCUT2D eigenvalue weighted by molar-refractivity contribution is 8.76. The van der Waals surface area contributed by atoms with Crippen molar-refractivity contribution in [3.8, 4) is 5.75 Å². The minimum Gasteiger partial charge on any atom is -0.508 e. The molecule has 32 nitrogen and oxygen atoms in total. The van der Waals surface area contributed by atoms with E-state index < -0.39 is 186 Å². The number of hydrogen-bond donors (Lipinski definition) is 18. The summed E-state index contributed by atoms with van der Waals surface area (Å²) in [5.74, 6) is -14.7. The minimum absolute atomic E-state index is 0.127. The van der Waals surface area contributed by atoms with E-state index in [0.717, 1.165) is 28.5 Å². The first-order valence-electron chi connectivity index (χ1n) is 31.9. The van der Waals surface area contributed by atoms with Gasteiger partial charge in [0.25, 0.3) is 0 Å². The maximum absolute atomic E-state index is 15.2. The molecule has 2 aromatic carbocycles. The summed E-state index contributed by atoms with van der Waals surface area (Å²) in [5, 5.41) is 63.1. The number of carboxylic acid groups (broad SMARTS) is 1. The molecule has 98 heavy (non-hydrogen) atoms. The lowest BCUT2D eigenvalue weighted by Crippen LogP contribution is -2.61. The minimum atomic E-state index is -1.87. The Hall–Kier alpha value is -9.54. The van der Waals surface area contributed by atoms with E-state index in [9.17, 15) is 72.9 Å². The van der Waals surface area contributed by atoms with Crippen LogP contribution < -0.4 is 69.5 Å². The van der Waals surface area contributed by atoms with Crippen molar-refractivity contribution in [1.29, 1.82) is 0 Å². The number of carboxylic acids is 1. The second-order valence-corrected chi connectivity index (χ2v) is 27.1. The average molecular weight is 1400 g/mol. The van der Waals surface area contributed by atoms with E-state index >= 15 is 4.79 Å². The molecular weight excluding hydrogens is 1310 g/mol. The summed E-state index contributed by atoms with van der Waals surface area (Å²) < 4.78 is 0. The number of amides is 12. The maximum Gasteiger partial charge on any atom is 0.327 e. The van der Waals surface area contributed by atoms with Crippen molar-refractivity contribution >= 4 is 109 Å². The van der Waals surface area contributed by atoms with Crippen LogP contribution in [0.5, 0.6) is 5.75 Å². The molecule has 0 fully saturated rings. The molecule has 0 saturated heterocycles. The van der Waals surface area contributed by atoms with E-state index in [4.69, 9.17) is 5.73 Å². The number of aliphatic carboxylic acids is 1. The van der Waals surface area contributed by atoms with Gasteiger partial charge in [-0.3, -0.25) is 57.5 Å². The first-order chi connectivity index (χ1) is 46.4. The molecule has 4 heterocycles. The zero-order valence-corrected chi connectivity index (χ0v) is 57.0. The number of rotatable bonds is 11. The van der Waals surface area contributed by atoms with Gasteiger partial charge < -0.3 is 94.8 Å². The lowest BCUT2D eigenvalue weighted by atomic mass is 9.97. The van der Waals surface area contributed by atoms with Crippen molar-refractivity contribution < 1.29 is 77.6 Å². The summed E-state index contributed by atoms with van der Waals surface area (Å²) >= 11 is 0. The van der Waals surface area contributed by atoms with Crippen LogP contribution >= 0.6 is 21.6 Å². The van der Waals surface area contributed by atoms with Crippen LogP contribution in [0.4, 0.5) is 0 Å². The van der Waals surface area contributed by atoms with Crippen molar-refractivity contribution in [3.05, 3.63) is 96.2 Å². The molecule has 2 aliphatic rings. The van der Waals surface area contributed by atoms with Gasteiger partial charge >= 0.3 is 5.97 Å². The molecule has 2 aliphatic heterocycles. The third-order valence-corrected chi connectivity index (χ3v) is 18.9. The number of aromatic nitrogens is 3. The molecule has 0 unspecified atom stereocenters. The highest BCUT2D eigenvalue weighted by Crippen LogP contribution is 2.24. The van der Waals surface area contributed by atoms with E-state index in [0.29, 0.717) is 34.1 Å². The van der Waals surface area contributed by atoms with E-state index in [1.165, 1.54) is 69.7 Å². The number of H-pyrrole nitrogens is 2. The van der Waals surface area contributed by atoms with Crippen molar-refractivity contribution in [2.24, 2.45) is 17.6 Å². The van der Waals surface area contributed by atoms with Crippen LogP contribution in [-0.4, -0.2) is 203 Å². The number of aromatic hydroxyl groups is 1. The van der Waals surface area contributed by atoms with Gasteiger partial charge in [-0.2, -0.15) is 0 Å². The zero-order chi connectivity index (χ0) is 72.1. The van der Waals surface area contributed by atoms with Crippen molar-refractivity contribution in [2.75, 3.05) is 11.5 Å². The largest absolute Gasteiger partial charge is 0.508 e. The fourth-order valence-corrected chi connectivity index (χ4v) is 12.5. The summed E-state index contributed by atoms with van der Waals surface area (Å²) in [7, 11) is 1.85. The highest BCUT2D eigenvalue weighted by Gasteiger charge is 2.38. The average Bonchev–Trinajstić information content (AvgIpc) is 1.57. The number of aliphatic hydroxyl groups is 1. The van der Waals surface area contributed by atoms with E-state index in [1.54, 1.807) is 58.2 Å². The number of para-hydroxylation sites is 1. The lowest BCUT2D eigenvalue weighted by Gasteiger charge is -2.29. The summed E-state index contributed by atoms with van der Waals surface area (Å²) in [6.45, 7) is 11.7. The number of nitrogens with zero attached hydrogens (tertiary/aromatic N) is 1. The summed E-state index contributed by atoms with van der Waals surface area (Å²) in [5.41, 5.74) is 8.08. The molecule has 532 valence electrons. The number of imidazole rings is 1. The number of phenols is 1. The van der Waals surface area contributed by atoms with E-state index in [-0.39, 0.29) is 36.5 Å². The Morgan fingerprint density at radius 3 is 1.60 bits per heavy atom. The Morgan fingerprint density at radius 1 is 0.551 bits per heavy atom. The van der Waals surface area contributed by atoms with Crippen molar-refractivity contribution in [2.45, 2.75) is 179 Å². The standard InChI is InChI=1S/C64H88N16O16S2/c1-9-31(4)50-62(93)71-32(5)52(83)69-33(6)53(84)75-47(24-38-26-66-29-68-38)59(90)72-43-16-12-13-17-44(57(88)79-50)73-58(89)45(22-36-18-20-39(82)21-19-36)74-54(85)34(7)70-61(92)49(30(2)3)78-55(86)41(65)27-97-98-28-48(64(95)96)77-63(94)51(35(8)81)80-60(91)46(76-56(43)87)23-37-25-67-42-15-11-10-14-40(37)42/h10-15,18-21,25-26,29-35,41,43-51,67,81-82H,9,16-17,22-24,27-28,65H2,1-8H3,(H,66,68)(H,69,83)(H,70,92)(H,71,93)(H,72,90)(H,73,89)(H,74,85)(H,75,84)(H,76,87)(H,77,94)(H,78,86)(H,79,88)(H,80,91)(H,95,96)/b13-12+/t31-,32-,33-,34-,35+,41-,43-,44-,45-,46-,47-,48-,49-,50-,51-/m0/s1. The van der Waals surface area contributed by atoms with Crippen molar-refractivity contribution in [3.63, 3.8) is 0 Å². The lowest BCUT2D eigenvalue weighted by molar-refractivity contribution is -0.142. The SMILES string of the molecule is CC[C@H](C)[C@@H]1NC(=O)[C@@H]2C/C=C/C[C@H](NC(=O)[C@H](Cc3cnc[nH]3)NC(=O)[C@H](C)NC(=O)[C@H](C)NC1=O)C(=O)N[C@@H](Cc1c[nH]c3ccccc13)C(=O)N[C@@H]([C@@H](C)O)C(=O)N[C@H](C(=O)O)CSSC[C@H](N)C(=O)N[C@@H](C(C)C)C(=O)N[C@@H](C)C(=O)N[C@@H](Cc1ccc(O)cc1)C(=O)N2. The Bertz CT molecular complexity index is 3540. The number of carbonyl (C=O) groups excluding carboxylic acids is 12. The number of phenolic OH excluding ortho intramolecular Hbond substituents is 1. The Morgan fingerprint density at radius 2 is 1.04 bits per heavy atom. The van der Waals surface area contributed by atoms with Crippen LogP contribution in [-0.2, 0) is 81.6 Å². The van der Waals surface area contributed by atoms with Gasteiger partial charge in [-0.25, -0.2) is 9.78 Å². The third-order valence-electron chi connectivity index (χ3n) is 16.4. The number of aromatic amines is 2. The number of nitrogens with two attached hydrogens (primary N) is 1. The molecule has 0 aliphatic carbocycles. The summed E-state index contributed by atoms with van der Waals surface area (Å²) in [4.78, 5) is 195. The quantitative estimate of drug-likeness (QED) is 0.0557. The van der Waals surface area contributed by atoms with E-state index in [2.05, 4.69) is 78.8 Å². The fraction of sp³-hybridized carbons (Fsp3) is 0.500. The van der Waals surface area contributed by atoms with Crippen LogP contribution in [0.3, 0.4) is 0 Å². The van der Waals surface area contributed by atoms with Crippen molar-refractivity contribution in [1.82, 2.24) is 78.8 Å². The predicted octanol–water partition coefficient (Wildman–Crippen LogP) is -2.26. The van der Waals surface area contributed by atoms with E-state index in [1.807, 2.05) is 0 Å². The molecule has 19 N–H and O–H groups in total. The fourth-order valence-electron chi connectivity index (χ4n) is 10.3. The molecule has 34 heteroatoms. The number of benzene rings is 2. The molecule has 15 atom stereocenters. The first kappa shape index (κ1) is 77.5. The van der Waals surface area contributed by atoms with Crippen LogP contribution in [0, 0.1) is 11.8 Å². The number of fused-ring (bicyclic) bond motifs is 5. The number of nitrogens with one attached hydrogen (secondary N) is 14. The van der Waals surface area contributed by atoms with Crippen LogP contribution in [0.2, 0.25) is 0 Å². The number of carbonyl (C=O) groups is 13.